The van der Waals surface area contributed by atoms with Crippen molar-refractivity contribution in [2.75, 3.05) is 11.4 Å². The van der Waals surface area contributed by atoms with Crippen molar-refractivity contribution in [3.05, 3.63) is 23.0 Å². The maximum Gasteiger partial charge on any atom is 0.228 e. The van der Waals surface area contributed by atoms with E-state index in [4.69, 9.17) is 11.6 Å². The van der Waals surface area contributed by atoms with E-state index in [-0.39, 0.29) is 10.7 Å². The Morgan fingerprint density at radius 2 is 2.40 bits per heavy atom. The second kappa shape index (κ2) is 4.10. The van der Waals surface area contributed by atoms with Crippen LogP contribution < -0.4 is 4.90 Å². The third-order valence-corrected chi connectivity index (χ3v) is 3.32. The largest absolute Gasteiger partial charge is 0.308 e. The Bertz CT molecular complexity index is 390. The van der Waals surface area contributed by atoms with Gasteiger partial charge in [0.05, 0.1) is 5.69 Å². The van der Waals surface area contributed by atoms with E-state index >= 15 is 0 Å². The van der Waals surface area contributed by atoms with Crippen LogP contribution >= 0.6 is 27.5 Å². The summed E-state index contributed by atoms with van der Waals surface area (Å²) in [6.07, 6.45) is 2.16. The molecule has 5 heteroatoms. The number of carbonyl (C=O) groups is 1. The molecule has 1 aromatic heterocycles. The highest BCUT2D eigenvalue weighted by Crippen LogP contribution is 2.32. The van der Waals surface area contributed by atoms with Gasteiger partial charge in [-0.1, -0.05) is 27.5 Å². The van der Waals surface area contributed by atoms with Crippen molar-refractivity contribution in [2.45, 2.75) is 18.2 Å². The molecule has 0 radical (unpaired) electrons. The molecule has 1 aliphatic rings. The van der Waals surface area contributed by atoms with Crippen molar-refractivity contribution in [3.8, 4) is 0 Å². The number of halogens is 2. The molecular weight excluding hydrogens is 279 g/mol. The van der Waals surface area contributed by atoms with Crippen LogP contribution in [0.15, 0.2) is 12.3 Å². The lowest BCUT2D eigenvalue weighted by Crippen LogP contribution is -2.25. The number of aromatic nitrogens is 1. The average molecular weight is 290 g/mol. The third-order valence-electron chi connectivity index (χ3n) is 2.43. The zero-order chi connectivity index (χ0) is 11.0. The Hall–Kier alpha value is -0.610. The van der Waals surface area contributed by atoms with Crippen molar-refractivity contribution in [2.24, 2.45) is 0 Å². The molecule has 0 bridgehead atoms. The van der Waals surface area contributed by atoms with Gasteiger partial charge in [-0.25, -0.2) is 4.98 Å². The summed E-state index contributed by atoms with van der Waals surface area (Å²) < 4.78 is 0. The second-order valence-electron chi connectivity index (χ2n) is 3.57. The molecule has 15 heavy (non-hydrogen) atoms. The fourth-order valence-electron chi connectivity index (χ4n) is 1.72. The Kier molecular flexibility index (Phi) is 2.98. The van der Waals surface area contributed by atoms with Crippen molar-refractivity contribution >= 4 is 39.1 Å². The van der Waals surface area contributed by atoms with Gasteiger partial charge in [0.1, 0.15) is 0 Å². The minimum atomic E-state index is 0.0925. The van der Waals surface area contributed by atoms with Crippen LogP contribution in [0.3, 0.4) is 0 Å². The van der Waals surface area contributed by atoms with Crippen molar-refractivity contribution < 1.29 is 4.79 Å². The molecule has 0 aromatic carbocycles. The molecule has 1 amide bonds. The predicted molar refractivity (Wildman–Crippen MR) is 63.7 cm³/mol. The van der Waals surface area contributed by atoms with E-state index in [9.17, 15) is 4.79 Å². The Morgan fingerprint density at radius 3 is 2.93 bits per heavy atom. The number of nitrogens with zero attached hydrogens (tertiary/aromatic N) is 2. The predicted octanol–water partition coefficient (Wildman–Crippen LogP) is 2.54. The number of hydrogen-bond donors (Lipinski definition) is 0. The molecule has 1 unspecified atom stereocenters. The third kappa shape index (κ3) is 2.01. The van der Waals surface area contributed by atoms with E-state index in [0.717, 1.165) is 11.3 Å². The molecule has 1 fully saturated rings. The minimum absolute atomic E-state index is 0.0925. The summed E-state index contributed by atoms with van der Waals surface area (Å²) in [5.74, 6) is 0.0925. The summed E-state index contributed by atoms with van der Waals surface area (Å²) in [6, 6.07) is 1.86. The smallest absolute Gasteiger partial charge is 0.228 e. The van der Waals surface area contributed by atoms with Crippen molar-refractivity contribution in [3.63, 3.8) is 0 Å². The van der Waals surface area contributed by atoms with Crippen LogP contribution in [0.4, 0.5) is 5.69 Å². The Labute approximate surface area is 102 Å². The molecule has 2 heterocycles. The first kappa shape index (κ1) is 10.9. The van der Waals surface area contributed by atoms with Gasteiger partial charge in [0, 0.05) is 24.0 Å². The van der Waals surface area contributed by atoms with Gasteiger partial charge < -0.3 is 4.90 Å². The maximum atomic E-state index is 11.7. The fraction of sp³-hybridized carbons (Fsp3) is 0.400. The SMILES string of the molecule is Cc1ccnc(Cl)c1N1CC(Br)CC1=O. The summed E-state index contributed by atoms with van der Waals surface area (Å²) in [4.78, 5) is 17.6. The van der Waals surface area contributed by atoms with E-state index in [1.54, 1.807) is 11.1 Å². The first-order valence-electron chi connectivity index (χ1n) is 4.65. The molecule has 1 atom stereocenters. The number of aryl methyl sites for hydroxylation is 1. The van der Waals surface area contributed by atoms with Crippen molar-refractivity contribution in [1.82, 2.24) is 4.98 Å². The minimum Gasteiger partial charge on any atom is -0.308 e. The molecular formula is C10H10BrClN2O. The molecule has 1 aliphatic heterocycles. The summed E-state index contributed by atoms with van der Waals surface area (Å²) in [5, 5.41) is 0.393. The van der Waals surface area contributed by atoms with Gasteiger partial charge in [0.25, 0.3) is 0 Å². The zero-order valence-corrected chi connectivity index (χ0v) is 10.5. The lowest BCUT2D eigenvalue weighted by Gasteiger charge is -2.18. The zero-order valence-electron chi connectivity index (χ0n) is 8.20. The van der Waals surface area contributed by atoms with E-state index in [1.165, 1.54) is 0 Å². The Balaban J connectivity index is 2.41. The summed E-state index contributed by atoms with van der Waals surface area (Å²) in [6.45, 7) is 2.59. The van der Waals surface area contributed by atoms with Crippen LogP contribution in [0.1, 0.15) is 12.0 Å². The highest BCUT2D eigenvalue weighted by atomic mass is 79.9. The lowest BCUT2D eigenvalue weighted by molar-refractivity contribution is -0.117. The van der Waals surface area contributed by atoms with Crippen LogP contribution in [0.25, 0.3) is 0 Å². The van der Waals surface area contributed by atoms with E-state index in [0.29, 0.717) is 18.1 Å². The summed E-state index contributed by atoms with van der Waals surface area (Å²) >= 11 is 9.44. The standard InChI is InChI=1S/C10H10BrClN2O/c1-6-2-3-13-10(12)9(6)14-5-7(11)4-8(14)15/h2-3,7H,4-5H2,1H3. The molecule has 0 N–H and O–H groups in total. The first-order chi connectivity index (χ1) is 7.09. The van der Waals surface area contributed by atoms with E-state index < -0.39 is 0 Å². The number of anilines is 1. The van der Waals surface area contributed by atoms with Crippen molar-refractivity contribution in [1.29, 1.82) is 0 Å². The highest BCUT2D eigenvalue weighted by Gasteiger charge is 2.31. The molecule has 1 saturated heterocycles. The summed E-state index contributed by atoms with van der Waals surface area (Å²) in [7, 11) is 0. The number of alkyl halides is 1. The molecule has 0 saturated carbocycles. The van der Waals surface area contributed by atoms with Crippen LogP contribution in [-0.4, -0.2) is 22.3 Å². The molecule has 80 valence electrons. The van der Waals surface area contributed by atoms with Gasteiger partial charge >= 0.3 is 0 Å². The maximum absolute atomic E-state index is 11.7. The average Bonchev–Trinajstić information content (AvgIpc) is 2.45. The molecule has 0 aliphatic carbocycles. The van der Waals surface area contributed by atoms with Gasteiger partial charge in [-0.3, -0.25) is 4.79 Å². The van der Waals surface area contributed by atoms with Gasteiger partial charge in [0.2, 0.25) is 5.91 Å². The van der Waals surface area contributed by atoms with Crippen LogP contribution in [0.2, 0.25) is 5.15 Å². The Morgan fingerprint density at radius 1 is 1.67 bits per heavy atom. The number of carbonyl (C=O) groups excluding carboxylic acids is 1. The van der Waals surface area contributed by atoms with Crippen LogP contribution in [0.5, 0.6) is 0 Å². The van der Waals surface area contributed by atoms with Gasteiger partial charge in [-0.2, -0.15) is 0 Å². The molecule has 1 aromatic rings. The van der Waals surface area contributed by atoms with E-state index in [2.05, 4.69) is 20.9 Å². The fourth-order valence-corrected chi connectivity index (χ4v) is 2.60. The number of hydrogen-bond acceptors (Lipinski definition) is 2. The highest BCUT2D eigenvalue weighted by molar-refractivity contribution is 9.09. The van der Waals surface area contributed by atoms with Crippen LogP contribution in [-0.2, 0) is 4.79 Å². The topological polar surface area (TPSA) is 33.2 Å². The number of pyridine rings is 1. The molecule has 2 rings (SSSR count). The first-order valence-corrected chi connectivity index (χ1v) is 5.94. The number of rotatable bonds is 1. The summed E-state index contributed by atoms with van der Waals surface area (Å²) in [5.41, 5.74) is 1.72. The lowest BCUT2D eigenvalue weighted by atomic mass is 10.2. The quantitative estimate of drug-likeness (QED) is 0.588. The van der Waals surface area contributed by atoms with Gasteiger partial charge in [0.15, 0.2) is 5.15 Å². The monoisotopic (exact) mass is 288 g/mol. The van der Waals surface area contributed by atoms with E-state index in [1.807, 2.05) is 13.0 Å². The second-order valence-corrected chi connectivity index (χ2v) is 5.23. The number of amides is 1. The van der Waals surface area contributed by atoms with Crippen LogP contribution in [0, 0.1) is 6.92 Å². The van der Waals surface area contributed by atoms with Gasteiger partial charge in [-0.05, 0) is 18.6 Å². The normalized spacial score (nSPS) is 21.1. The van der Waals surface area contributed by atoms with Gasteiger partial charge in [-0.15, -0.1) is 0 Å². The molecule has 0 spiro atoms. The molecule has 3 nitrogen and oxygen atoms in total.